The molecule has 1 heterocycles. The summed E-state index contributed by atoms with van der Waals surface area (Å²) < 4.78 is 0. The van der Waals surface area contributed by atoms with Crippen molar-refractivity contribution in [3.05, 3.63) is 0 Å². The van der Waals surface area contributed by atoms with Gasteiger partial charge in [0.1, 0.15) is 0 Å². The average molecular weight is 212 g/mol. The second kappa shape index (κ2) is 5.50. The van der Waals surface area contributed by atoms with Gasteiger partial charge in [-0.1, -0.05) is 20.8 Å². The maximum Gasteiger partial charge on any atom is 0.222 e. The topological polar surface area (TPSA) is 46.3 Å². The van der Waals surface area contributed by atoms with Crippen molar-refractivity contribution in [2.75, 3.05) is 19.6 Å². The first-order valence-electron chi connectivity index (χ1n) is 6.02. The molecule has 88 valence electrons. The molecule has 2 atom stereocenters. The number of nitrogens with zero attached hydrogens (tertiary/aromatic N) is 1. The third kappa shape index (κ3) is 3.49. The predicted molar refractivity (Wildman–Crippen MR) is 62.4 cm³/mol. The molecular formula is C12H24N2O. The average Bonchev–Trinajstić information content (AvgIpc) is 2.65. The zero-order valence-corrected chi connectivity index (χ0v) is 10.2. The predicted octanol–water partition coefficient (Wildman–Crippen LogP) is 1.48. The van der Waals surface area contributed by atoms with Gasteiger partial charge in [0, 0.05) is 19.5 Å². The van der Waals surface area contributed by atoms with Crippen LogP contribution in [0.1, 0.15) is 33.6 Å². The highest BCUT2D eigenvalue weighted by molar-refractivity contribution is 5.76. The van der Waals surface area contributed by atoms with Crippen molar-refractivity contribution in [1.29, 1.82) is 0 Å². The Hall–Kier alpha value is -0.570. The molecule has 15 heavy (non-hydrogen) atoms. The fourth-order valence-corrected chi connectivity index (χ4v) is 1.89. The first-order chi connectivity index (χ1) is 7.04. The Bertz CT molecular complexity index is 216. The second-order valence-corrected chi connectivity index (χ2v) is 5.16. The first-order valence-corrected chi connectivity index (χ1v) is 6.02. The SMILES string of the molecule is CC(C)C(C)CC(=O)N1CCC(CN)C1. The number of carbonyl (C=O) groups is 1. The molecule has 1 rings (SSSR count). The van der Waals surface area contributed by atoms with Gasteiger partial charge >= 0.3 is 0 Å². The van der Waals surface area contributed by atoms with Crippen molar-refractivity contribution in [3.63, 3.8) is 0 Å². The number of amides is 1. The number of rotatable bonds is 4. The van der Waals surface area contributed by atoms with Crippen LogP contribution in [0.3, 0.4) is 0 Å². The molecule has 1 saturated heterocycles. The summed E-state index contributed by atoms with van der Waals surface area (Å²) >= 11 is 0. The lowest BCUT2D eigenvalue weighted by atomic mass is 9.94. The molecular weight excluding hydrogens is 188 g/mol. The van der Waals surface area contributed by atoms with E-state index in [1.54, 1.807) is 0 Å². The summed E-state index contributed by atoms with van der Waals surface area (Å²) in [6, 6.07) is 0. The van der Waals surface area contributed by atoms with E-state index in [-0.39, 0.29) is 0 Å². The zero-order valence-electron chi connectivity index (χ0n) is 10.2. The number of likely N-dealkylation sites (tertiary alicyclic amines) is 1. The molecule has 0 aliphatic carbocycles. The number of carbonyl (C=O) groups excluding carboxylic acids is 1. The second-order valence-electron chi connectivity index (χ2n) is 5.16. The molecule has 0 aromatic carbocycles. The van der Waals surface area contributed by atoms with Gasteiger partial charge < -0.3 is 10.6 Å². The molecule has 1 aliphatic heterocycles. The van der Waals surface area contributed by atoms with Crippen molar-refractivity contribution in [2.45, 2.75) is 33.6 Å². The Morgan fingerprint density at radius 1 is 1.47 bits per heavy atom. The van der Waals surface area contributed by atoms with E-state index < -0.39 is 0 Å². The van der Waals surface area contributed by atoms with Crippen LogP contribution >= 0.6 is 0 Å². The minimum absolute atomic E-state index is 0.312. The summed E-state index contributed by atoms with van der Waals surface area (Å²) in [5.41, 5.74) is 5.61. The van der Waals surface area contributed by atoms with Crippen LogP contribution in [0.25, 0.3) is 0 Å². The summed E-state index contributed by atoms with van der Waals surface area (Å²) in [5, 5.41) is 0. The van der Waals surface area contributed by atoms with Crippen LogP contribution in [0.2, 0.25) is 0 Å². The van der Waals surface area contributed by atoms with E-state index in [0.717, 1.165) is 19.5 Å². The van der Waals surface area contributed by atoms with Gasteiger partial charge in [-0.15, -0.1) is 0 Å². The Labute approximate surface area is 93.0 Å². The molecule has 0 radical (unpaired) electrons. The largest absolute Gasteiger partial charge is 0.342 e. The van der Waals surface area contributed by atoms with Gasteiger partial charge in [0.25, 0.3) is 0 Å². The molecule has 2 N–H and O–H groups in total. The Kier molecular flexibility index (Phi) is 4.58. The maximum atomic E-state index is 11.9. The summed E-state index contributed by atoms with van der Waals surface area (Å²) in [4.78, 5) is 13.9. The molecule has 0 aromatic rings. The smallest absolute Gasteiger partial charge is 0.222 e. The monoisotopic (exact) mass is 212 g/mol. The number of hydrogen-bond donors (Lipinski definition) is 1. The molecule has 0 aromatic heterocycles. The number of hydrogen-bond acceptors (Lipinski definition) is 2. The minimum Gasteiger partial charge on any atom is -0.342 e. The number of nitrogens with two attached hydrogens (primary N) is 1. The molecule has 0 saturated carbocycles. The first kappa shape index (κ1) is 12.5. The summed E-state index contributed by atoms with van der Waals surface area (Å²) in [6.07, 6.45) is 1.77. The molecule has 0 spiro atoms. The minimum atomic E-state index is 0.312. The lowest BCUT2D eigenvalue weighted by Gasteiger charge is -2.20. The van der Waals surface area contributed by atoms with Crippen LogP contribution in [0.15, 0.2) is 0 Å². The maximum absolute atomic E-state index is 11.9. The van der Waals surface area contributed by atoms with Crippen LogP contribution in [0.5, 0.6) is 0 Å². The van der Waals surface area contributed by atoms with Gasteiger partial charge in [-0.3, -0.25) is 4.79 Å². The van der Waals surface area contributed by atoms with Crippen LogP contribution < -0.4 is 5.73 Å². The van der Waals surface area contributed by atoms with E-state index in [1.807, 2.05) is 4.90 Å². The molecule has 3 heteroatoms. The van der Waals surface area contributed by atoms with E-state index in [4.69, 9.17) is 5.73 Å². The van der Waals surface area contributed by atoms with Crippen LogP contribution in [0, 0.1) is 17.8 Å². The zero-order chi connectivity index (χ0) is 11.4. The highest BCUT2D eigenvalue weighted by Crippen LogP contribution is 2.20. The van der Waals surface area contributed by atoms with Crippen LogP contribution in [0.4, 0.5) is 0 Å². The van der Waals surface area contributed by atoms with Gasteiger partial charge in [0.15, 0.2) is 0 Å². The quantitative estimate of drug-likeness (QED) is 0.767. The lowest BCUT2D eigenvalue weighted by Crippen LogP contribution is -2.31. The van der Waals surface area contributed by atoms with Crippen molar-refractivity contribution < 1.29 is 4.79 Å². The Morgan fingerprint density at radius 3 is 2.60 bits per heavy atom. The third-order valence-electron chi connectivity index (χ3n) is 3.61. The van der Waals surface area contributed by atoms with E-state index in [0.29, 0.717) is 36.6 Å². The van der Waals surface area contributed by atoms with E-state index in [9.17, 15) is 4.79 Å². The summed E-state index contributed by atoms with van der Waals surface area (Å²) in [7, 11) is 0. The molecule has 3 nitrogen and oxygen atoms in total. The summed E-state index contributed by atoms with van der Waals surface area (Å²) in [6.45, 7) is 8.99. The van der Waals surface area contributed by atoms with Crippen molar-refractivity contribution in [1.82, 2.24) is 4.90 Å². The van der Waals surface area contributed by atoms with Crippen molar-refractivity contribution in [3.8, 4) is 0 Å². The van der Waals surface area contributed by atoms with Gasteiger partial charge in [-0.2, -0.15) is 0 Å². The molecule has 1 aliphatic rings. The van der Waals surface area contributed by atoms with Gasteiger partial charge in [0.2, 0.25) is 5.91 Å². The highest BCUT2D eigenvalue weighted by Gasteiger charge is 2.26. The van der Waals surface area contributed by atoms with Crippen LogP contribution in [-0.2, 0) is 4.79 Å². The standard InChI is InChI=1S/C12H24N2O/c1-9(2)10(3)6-12(15)14-5-4-11(7-13)8-14/h9-11H,4-8,13H2,1-3H3. The third-order valence-corrected chi connectivity index (χ3v) is 3.61. The molecule has 1 fully saturated rings. The fraction of sp³-hybridized carbons (Fsp3) is 0.917. The van der Waals surface area contributed by atoms with E-state index >= 15 is 0 Å². The highest BCUT2D eigenvalue weighted by atomic mass is 16.2. The van der Waals surface area contributed by atoms with Gasteiger partial charge in [-0.05, 0) is 30.7 Å². The normalized spacial score (nSPS) is 23.5. The lowest BCUT2D eigenvalue weighted by molar-refractivity contribution is -0.131. The van der Waals surface area contributed by atoms with Gasteiger partial charge in [0.05, 0.1) is 0 Å². The Balaban J connectivity index is 2.35. The van der Waals surface area contributed by atoms with Crippen LogP contribution in [-0.4, -0.2) is 30.4 Å². The Morgan fingerprint density at radius 2 is 2.13 bits per heavy atom. The fourth-order valence-electron chi connectivity index (χ4n) is 1.89. The van der Waals surface area contributed by atoms with Crippen molar-refractivity contribution >= 4 is 5.91 Å². The molecule has 1 amide bonds. The molecule has 0 bridgehead atoms. The van der Waals surface area contributed by atoms with E-state index in [2.05, 4.69) is 20.8 Å². The van der Waals surface area contributed by atoms with Crippen molar-refractivity contribution in [2.24, 2.45) is 23.5 Å². The van der Waals surface area contributed by atoms with E-state index in [1.165, 1.54) is 0 Å². The molecule has 2 unspecified atom stereocenters. The van der Waals surface area contributed by atoms with Gasteiger partial charge in [-0.25, -0.2) is 0 Å². The summed E-state index contributed by atoms with van der Waals surface area (Å²) in [5.74, 6) is 1.91.